The molecule has 7 nitrogen and oxygen atoms in total. The van der Waals surface area contributed by atoms with Gasteiger partial charge < -0.3 is 20.2 Å². The van der Waals surface area contributed by atoms with Crippen molar-refractivity contribution in [2.45, 2.75) is 45.7 Å². The molecule has 0 fully saturated rings. The van der Waals surface area contributed by atoms with E-state index >= 15 is 0 Å². The molecule has 3 rings (SSSR count). The number of aromatic hydroxyl groups is 1. The second-order valence-corrected chi connectivity index (χ2v) is 9.50. The zero-order chi connectivity index (χ0) is 26.6. The van der Waals surface area contributed by atoms with Crippen molar-refractivity contribution in [1.29, 1.82) is 0 Å². The van der Waals surface area contributed by atoms with E-state index in [9.17, 15) is 28.3 Å². The number of benzene rings is 2. The lowest BCUT2D eigenvalue weighted by Crippen LogP contribution is -2.11. The Morgan fingerprint density at radius 3 is 2.42 bits per heavy atom. The lowest BCUT2D eigenvalue weighted by atomic mass is 10.00. The highest BCUT2D eigenvalue weighted by atomic mass is 32.1. The molecule has 1 heterocycles. The van der Waals surface area contributed by atoms with Crippen LogP contribution in [0.15, 0.2) is 41.6 Å². The quantitative estimate of drug-likeness (QED) is 0.174. The SMILES string of the molecule is Cc1cc(C(CCc2sc(-c3ccc(C(F)(F)F)cc3)nc2C(C)C)=NO)c(O)cc1OCC(=O)O. The van der Waals surface area contributed by atoms with E-state index in [1.807, 2.05) is 13.8 Å². The molecule has 0 unspecified atom stereocenters. The van der Waals surface area contributed by atoms with E-state index in [1.165, 1.54) is 29.5 Å². The molecule has 0 bridgehead atoms. The number of halogens is 3. The first kappa shape index (κ1) is 27.0. The minimum Gasteiger partial charge on any atom is -0.507 e. The van der Waals surface area contributed by atoms with Crippen molar-refractivity contribution in [2.24, 2.45) is 5.16 Å². The monoisotopic (exact) mass is 522 g/mol. The molecule has 2 aromatic carbocycles. The summed E-state index contributed by atoms with van der Waals surface area (Å²) >= 11 is 1.35. The summed E-state index contributed by atoms with van der Waals surface area (Å²) in [7, 11) is 0. The topological polar surface area (TPSA) is 112 Å². The van der Waals surface area contributed by atoms with E-state index in [-0.39, 0.29) is 35.1 Å². The lowest BCUT2D eigenvalue weighted by Gasteiger charge is -2.12. The molecule has 0 aliphatic carbocycles. The summed E-state index contributed by atoms with van der Waals surface area (Å²) < 4.78 is 43.9. The number of aryl methyl sites for hydroxylation is 2. The number of carboxylic acid groups (broad SMARTS) is 1. The fourth-order valence-electron chi connectivity index (χ4n) is 3.59. The number of phenolic OH excluding ortho intramolecular Hbond substituents is 1. The van der Waals surface area contributed by atoms with Gasteiger partial charge in [-0.1, -0.05) is 31.1 Å². The Hall–Kier alpha value is -3.60. The van der Waals surface area contributed by atoms with Gasteiger partial charge in [0.2, 0.25) is 0 Å². The second-order valence-electron chi connectivity index (χ2n) is 8.42. The molecular weight excluding hydrogens is 497 g/mol. The number of oxime groups is 1. The molecule has 0 spiro atoms. The van der Waals surface area contributed by atoms with Crippen LogP contribution in [0.2, 0.25) is 0 Å². The number of aliphatic carboxylic acids is 1. The van der Waals surface area contributed by atoms with E-state index < -0.39 is 24.3 Å². The first-order chi connectivity index (χ1) is 16.9. The van der Waals surface area contributed by atoms with Crippen molar-refractivity contribution in [3.8, 4) is 22.1 Å². The highest BCUT2D eigenvalue weighted by Crippen LogP contribution is 2.36. The third-order valence-corrected chi connectivity index (χ3v) is 6.58. The minimum absolute atomic E-state index is 0.0512. The van der Waals surface area contributed by atoms with Gasteiger partial charge in [0.25, 0.3) is 0 Å². The predicted octanol–water partition coefficient (Wildman–Crippen LogP) is 6.24. The summed E-state index contributed by atoms with van der Waals surface area (Å²) in [5.74, 6) is -1.14. The molecule has 3 aromatic rings. The average Bonchev–Trinajstić information content (AvgIpc) is 3.24. The van der Waals surface area contributed by atoms with Gasteiger partial charge in [-0.25, -0.2) is 9.78 Å². The highest BCUT2D eigenvalue weighted by molar-refractivity contribution is 7.15. The van der Waals surface area contributed by atoms with Gasteiger partial charge in [0.05, 0.1) is 17.0 Å². The number of alkyl halides is 3. The van der Waals surface area contributed by atoms with Crippen molar-refractivity contribution in [1.82, 2.24) is 4.98 Å². The zero-order valence-corrected chi connectivity index (χ0v) is 20.6. The number of aromatic nitrogens is 1. The molecule has 11 heteroatoms. The van der Waals surface area contributed by atoms with Crippen LogP contribution < -0.4 is 4.74 Å². The van der Waals surface area contributed by atoms with Crippen LogP contribution in [0, 0.1) is 6.92 Å². The Kier molecular flexibility index (Phi) is 8.24. The molecule has 36 heavy (non-hydrogen) atoms. The molecule has 0 aliphatic rings. The molecular formula is C25H25F3N2O5S. The summed E-state index contributed by atoms with van der Waals surface area (Å²) in [5, 5.41) is 32.8. The number of nitrogens with zero attached hydrogens (tertiary/aromatic N) is 2. The maximum Gasteiger partial charge on any atom is 0.416 e. The van der Waals surface area contributed by atoms with Gasteiger partial charge in [-0.3, -0.25) is 0 Å². The summed E-state index contributed by atoms with van der Waals surface area (Å²) in [6.07, 6.45) is -3.76. The fourth-order valence-corrected chi connectivity index (χ4v) is 4.81. The molecule has 1 aromatic heterocycles. The summed E-state index contributed by atoms with van der Waals surface area (Å²) in [4.78, 5) is 16.3. The Morgan fingerprint density at radius 2 is 1.86 bits per heavy atom. The number of rotatable bonds is 9. The van der Waals surface area contributed by atoms with Crippen LogP contribution in [0.1, 0.15) is 53.4 Å². The predicted molar refractivity (Wildman–Crippen MR) is 129 cm³/mol. The largest absolute Gasteiger partial charge is 0.507 e. The third-order valence-electron chi connectivity index (χ3n) is 5.40. The fraction of sp³-hybridized carbons (Fsp3) is 0.320. The van der Waals surface area contributed by atoms with Crippen LogP contribution in [-0.2, 0) is 17.4 Å². The molecule has 3 N–H and O–H groups in total. The Morgan fingerprint density at radius 1 is 1.19 bits per heavy atom. The van der Waals surface area contributed by atoms with Gasteiger partial charge >= 0.3 is 12.1 Å². The first-order valence-electron chi connectivity index (χ1n) is 11.0. The maximum absolute atomic E-state index is 12.9. The molecule has 192 valence electrons. The second kappa shape index (κ2) is 11.0. The number of carboxylic acids is 1. The van der Waals surface area contributed by atoms with Crippen molar-refractivity contribution < 1.29 is 38.1 Å². The van der Waals surface area contributed by atoms with E-state index in [0.29, 0.717) is 22.6 Å². The molecule has 0 amide bonds. The summed E-state index contributed by atoms with van der Waals surface area (Å²) in [6, 6.07) is 7.66. The first-order valence-corrected chi connectivity index (χ1v) is 11.8. The zero-order valence-electron chi connectivity index (χ0n) is 19.8. The van der Waals surface area contributed by atoms with E-state index in [1.54, 1.807) is 13.0 Å². The number of phenols is 1. The van der Waals surface area contributed by atoms with E-state index in [2.05, 4.69) is 10.1 Å². The number of hydrogen-bond acceptors (Lipinski definition) is 7. The van der Waals surface area contributed by atoms with Crippen LogP contribution in [0.3, 0.4) is 0 Å². The van der Waals surface area contributed by atoms with E-state index in [0.717, 1.165) is 22.7 Å². The van der Waals surface area contributed by atoms with Crippen LogP contribution in [0.25, 0.3) is 10.6 Å². The van der Waals surface area contributed by atoms with Gasteiger partial charge in [0.15, 0.2) is 6.61 Å². The molecule has 0 saturated carbocycles. The summed E-state index contributed by atoms with van der Waals surface area (Å²) in [5.41, 5.74) is 1.67. The van der Waals surface area contributed by atoms with Crippen LogP contribution in [0.5, 0.6) is 11.5 Å². The van der Waals surface area contributed by atoms with Crippen molar-refractivity contribution in [3.05, 3.63) is 63.7 Å². The van der Waals surface area contributed by atoms with Crippen molar-refractivity contribution in [2.75, 3.05) is 6.61 Å². The van der Waals surface area contributed by atoms with Gasteiger partial charge in [-0.2, -0.15) is 13.2 Å². The third kappa shape index (κ3) is 6.34. The van der Waals surface area contributed by atoms with Crippen molar-refractivity contribution >= 4 is 23.0 Å². The molecule has 0 aliphatic heterocycles. The maximum atomic E-state index is 12.9. The smallest absolute Gasteiger partial charge is 0.416 e. The summed E-state index contributed by atoms with van der Waals surface area (Å²) in [6.45, 7) is 5.03. The van der Waals surface area contributed by atoms with Crippen molar-refractivity contribution in [3.63, 3.8) is 0 Å². The molecule has 0 saturated heterocycles. The lowest BCUT2D eigenvalue weighted by molar-refractivity contribution is -0.139. The molecule has 0 atom stereocenters. The standard InChI is InChI=1S/C25H25F3N2O5S/c1-13(2)23-21(36-24(29-23)15-4-6-16(7-5-15)25(26,27)28)9-8-18(30-34)17-10-14(3)20(11-19(17)31)35-12-22(32)33/h4-7,10-11,13,31,34H,8-9,12H2,1-3H3,(H,32,33). The number of hydrogen-bond donors (Lipinski definition) is 3. The Balaban J connectivity index is 1.83. The van der Waals surface area contributed by atoms with Crippen LogP contribution in [0.4, 0.5) is 13.2 Å². The number of carbonyl (C=O) groups is 1. The Labute approximate surface area is 209 Å². The molecule has 0 radical (unpaired) electrons. The van der Waals surface area contributed by atoms with Gasteiger partial charge in [-0.05, 0) is 49.4 Å². The van der Waals surface area contributed by atoms with Gasteiger partial charge in [0, 0.05) is 22.1 Å². The van der Waals surface area contributed by atoms with Gasteiger partial charge in [0.1, 0.15) is 16.5 Å². The van der Waals surface area contributed by atoms with Gasteiger partial charge in [-0.15, -0.1) is 11.3 Å². The highest BCUT2D eigenvalue weighted by Gasteiger charge is 2.30. The van der Waals surface area contributed by atoms with Crippen LogP contribution in [-0.4, -0.2) is 38.7 Å². The minimum atomic E-state index is -4.42. The average molecular weight is 523 g/mol. The van der Waals surface area contributed by atoms with E-state index in [4.69, 9.17) is 9.84 Å². The Bertz CT molecular complexity index is 1270. The normalized spacial score (nSPS) is 12.2. The van der Waals surface area contributed by atoms with Crippen LogP contribution >= 0.6 is 11.3 Å². The number of ether oxygens (including phenoxy) is 1. The number of thiazole rings is 1.